The number of para-hydroxylation sites is 1. The number of nitrogens with one attached hydrogen (secondary N) is 2. The van der Waals surface area contributed by atoms with E-state index in [9.17, 15) is 13.9 Å². The molecule has 0 heterocycles. The SMILES string of the molecule is CCNC(=NCc1ccc(OC)c(O)c1)NCc1ccccc1OC(F)F.I. The van der Waals surface area contributed by atoms with Gasteiger partial charge >= 0.3 is 6.61 Å². The van der Waals surface area contributed by atoms with Crippen LogP contribution in [-0.4, -0.2) is 31.3 Å². The van der Waals surface area contributed by atoms with Crippen LogP contribution >= 0.6 is 24.0 Å². The summed E-state index contributed by atoms with van der Waals surface area (Å²) in [5, 5.41) is 16.0. The second kappa shape index (κ2) is 12.2. The van der Waals surface area contributed by atoms with E-state index in [0.29, 0.717) is 30.4 Å². The zero-order valence-corrected chi connectivity index (χ0v) is 17.9. The Morgan fingerprint density at radius 3 is 2.54 bits per heavy atom. The Morgan fingerprint density at radius 1 is 1.14 bits per heavy atom. The summed E-state index contributed by atoms with van der Waals surface area (Å²) in [7, 11) is 1.48. The Hall–Kier alpha value is -2.30. The van der Waals surface area contributed by atoms with Gasteiger partial charge < -0.3 is 25.2 Å². The molecule has 0 atom stereocenters. The minimum atomic E-state index is -2.88. The van der Waals surface area contributed by atoms with Crippen molar-refractivity contribution in [1.29, 1.82) is 0 Å². The van der Waals surface area contributed by atoms with Crippen LogP contribution in [0.1, 0.15) is 18.1 Å². The maximum Gasteiger partial charge on any atom is 0.387 e. The van der Waals surface area contributed by atoms with Crippen LogP contribution in [0.2, 0.25) is 0 Å². The summed E-state index contributed by atoms with van der Waals surface area (Å²) in [6.07, 6.45) is 0. The number of phenols is 1. The molecule has 6 nitrogen and oxygen atoms in total. The number of rotatable bonds is 8. The van der Waals surface area contributed by atoms with E-state index in [0.717, 1.165) is 5.56 Å². The van der Waals surface area contributed by atoms with Gasteiger partial charge in [0.25, 0.3) is 0 Å². The van der Waals surface area contributed by atoms with Crippen molar-refractivity contribution in [1.82, 2.24) is 10.6 Å². The van der Waals surface area contributed by atoms with Gasteiger partial charge in [0.1, 0.15) is 5.75 Å². The number of halogens is 3. The van der Waals surface area contributed by atoms with E-state index in [-0.39, 0.29) is 42.0 Å². The average molecular weight is 507 g/mol. The highest BCUT2D eigenvalue weighted by Gasteiger charge is 2.09. The van der Waals surface area contributed by atoms with Gasteiger partial charge in [-0.2, -0.15) is 8.78 Å². The minimum Gasteiger partial charge on any atom is -0.504 e. The molecule has 2 aromatic rings. The molecular formula is C19H24F2IN3O3. The van der Waals surface area contributed by atoms with Crippen molar-refractivity contribution in [3.05, 3.63) is 53.6 Å². The number of benzene rings is 2. The summed E-state index contributed by atoms with van der Waals surface area (Å²) in [6, 6.07) is 11.6. The summed E-state index contributed by atoms with van der Waals surface area (Å²) in [5.74, 6) is 1.07. The quantitative estimate of drug-likeness (QED) is 0.288. The van der Waals surface area contributed by atoms with Gasteiger partial charge in [-0.3, -0.25) is 0 Å². The highest BCUT2D eigenvalue weighted by Crippen LogP contribution is 2.26. The molecule has 3 N–H and O–H groups in total. The highest BCUT2D eigenvalue weighted by molar-refractivity contribution is 14.0. The number of alkyl halides is 2. The lowest BCUT2D eigenvalue weighted by atomic mass is 10.2. The van der Waals surface area contributed by atoms with Crippen LogP contribution in [0.25, 0.3) is 0 Å². The normalized spacial score (nSPS) is 11.0. The molecule has 154 valence electrons. The Morgan fingerprint density at radius 2 is 1.89 bits per heavy atom. The van der Waals surface area contributed by atoms with Crippen molar-refractivity contribution < 1.29 is 23.4 Å². The van der Waals surface area contributed by atoms with Gasteiger partial charge in [0, 0.05) is 18.7 Å². The van der Waals surface area contributed by atoms with E-state index in [4.69, 9.17) is 4.74 Å². The van der Waals surface area contributed by atoms with Crippen molar-refractivity contribution in [2.45, 2.75) is 26.6 Å². The molecule has 0 bridgehead atoms. The van der Waals surface area contributed by atoms with E-state index >= 15 is 0 Å². The summed E-state index contributed by atoms with van der Waals surface area (Å²) in [4.78, 5) is 4.44. The molecule has 0 radical (unpaired) electrons. The van der Waals surface area contributed by atoms with Gasteiger partial charge in [-0.25, -0.2) is 4.99 Å². The second-order valence-electron chi connectivity index (χ2n) is 5.54. The first kappa shape index (κ1) is 23.7. The van der Waals surface area contributed by atoms with E-state index < -0.39 is 6.61 Å². The van der Waals surface area contributed by atoms with Crippen LogP contribution in [0, 0.1) is 0 Å². The lowest BCUT2D eigenvalue weighted by Gasteiger charge is -2.14. The van der Waals surface area contributed by atoms with Crippen molar-refractivity contribution >= 4 is 29.9 Å². The fourth-order valence-electron chi connectivity index (χ4n) is 2.39. The predicted molar refractivity (Wildman–Crippen MR) is 115 cm³/mol. The topological polar surface area (TPSA) is 75.1 Å². The molecule has 28 heavy (non-hydrogen) atoms. The number of phenolic OH excluding ortho intramolecular Hbond substituents is 1. The number of methoxy groups -OCH3 is 1. The summed E-state index contributed by atoms with van der Waals surface area (Å²) in [5.41, 5.74) is 1.39. The monoisotopic (exact) mass is 507 g/mol. The van der Waals surface area contributed by atoms with Crippen LogP contribution in [-0.2, 0) is 13.1 Å². The molecule has 0 unspecified atom stereocenters. The Balaban J connectivity index is 0.00000392. The number of guanidine groups is 1. The Labute approximate surface area is 180 Å². The number of ether oxygens (including phenoxy) is 2. The smallest absolute Gasteiger partial charge is 0.387 e. The molecule has 0 saturated heterocycles. The molecule has 0 fully saturated rings. The van der Waals surface area contributed by atoms with Crippen molar-refractivity contribution in [2.24, 2.45) is 4.99 Å². The van der Waals surface area contributed by atoms with Crippen molar-refractivity contribution in [2.75, 3.05) is 13.7 Å². The zero-order valence-electron chi connectivity index (χ0n) is 15.6. The molecule has 0 aliphatic rings. The maximum atomic E-state index is 12.5. The molecule has 2 aromatic carbocycles. The third-order valence-corrected chi connectivity index (χ3v) is 3.64. The lowest BCUT2D eigenvalue weighted by Crippen LogP contribution is -2.36. The van der Waals surface area contributed by atoms with Gasteiger partial charge in [0.2, 0.25) is 0 Å². The summed E-state index contributed by atoms with van der Waals surface area (Å²) >= 11 is 0. The first-order chi connectivity index (χ1) is 13.0. The van der Waals surface area contributed by atoms with Crippen LogP contribution < -0.4 is 20.1 Å². The second-order valence-corrected chi connectivity index (χ2v) is 5.54. The minimum absolute atomic E-state index is 0. The Bertz CT molecular complexity index is 776. The van der Waals surface area contributed by atoms with Gasteiger partial charge in [-0.1, -0.05) is 24.3 Å². The molecule has 0 spiro atoms. The molecular weight excluding hydrogens is 483 g/mol. The van der Waals surface area contributed by atoms with E-state index in [1.54, 1.807) is 36.4 Å². The molecule has 0 aliphatic heterocycles. The number of aromatic hydroxyl groups is 1. The third-order valence-electron chi connectivity index (χ3n) is 3.64. The van der Waals surface area contributed by atoms with Crippen molar-refractivity contribution in [3.63, 3.8) is 0 Å². The van der Waals surface area contributed by atoms with Crippen LogP contribution in [0.5, 0.6) is 17.2 Å². The molecule has 2 rings (SSSR count). The first-order valence-electron chi connectivity index (χ1n) is 8.44. The molecule has 0 aromatic heterocycles. The Kier molecular flexibility index (Phi) is 10.4. The van der Waals surface area contributed by atoms with Gasteiger partial charge in [-0.15, -0.1) is 24.0 Å². The van der Waals surface area contributed by atoms with Crippen LogP contribution in [0.15, 0.2) is 47.5 Å². The number of nitrogens with zero attached hydrogens (tertiary/aromatic N) is 1. The number of hydrogen-bond acceptors (Lipinski definition) is 4. The summed E-state index contributed by atoms with van der Waals surface area (Å²) in [6.45, 7) is 0.264. The predicted octanol–water partition coefficient (Wildman–Crippen LogP) is 3.88. The fourth-order valence-corrected chi connectivity index (χ4v) is 2.39. The maximum absolute atomic E-state index is 12.5. The highest BCUT2D eigenvalue weighted by atomic mass is 127. The van der Waals surface area contributed by atoms with Gasteiger partial charge in [0.15, 0.2) is 17.5 Å². The molecule has 0 amide bonds. The van der Waals surface area contributed by atoms with E-state index in [2.05, 4.69) is 20.4 Å². The van der Waals surface area contributed by atoms with Crippen molar-refractivity contribution in [3.8, 4) is 17.2 Å². The van der Waals surface area contributed by atoms with Gasteiger partial charge in [0.05, 0.1) is 13.7 Å². The number of hydrogen-bond donors (Lipinski definition) is 3. The van der Waals surface area contributed by atoms with E-state index in [1.165, 1.54) is 13.2 Å². The first-order valence-corrected chi connectivity index (χ1v) is 8.44. The average Bonchev–Trinajstić information content (AvgIpc) is 2.64. The van der Waals surface area contributed by atoms with Gasteiger partial charge in [-0.05, 0) is 30.7 Å². The fraction of sp³-hybridized carbons (Fsp3) is 0.316. The summed E-state index contributed by atoms with van der Waals surface area (Å²) < 4.78 is 34.6. The van der Waals surface area contributed by atoms with Crippen LogP contribution in [0.4, 0.5) is 8.78 Å². The largest absolute Gasteiger partial charge is 0.504 e. The molecule has 0 aliphatic carbocycles. The number of aliphatic imine (C=N–C) groups is 1. The molecule has 9 heteroatoms. The molecule has 0 saturated carbocycles. The third kappa shape index (κ3) is 7.37. The standard InChI is InChI=1S/C19H23F2N3O3.HI/c1-3-22-19(23-11-13-8-9-17(26-2)15(25)10-13)24-12-14-6-4-5-7-16(14)27-18(20)21;/h4-10,18,25H,3,11-12H2,1-2H3,(H2,22,23,24);1H. The zero-order chi connectivity index (χ0) is 19.6. The van der Waals surface area contributed by atoms with E-state index in [1.807, 2.05) is 6.92 Å². The lowest BCUT2D eigenvalue weighted by molar-refractivity contribution is -0.0504. The van der Waals surface area contributed by atoms with Crippen LogP contribution in [0.3, 0.4) is 0 Å².